The second kappa shape index (κ2) is 53.4. The van der Waals surface area contributed by atoms with E-state index in [0.29, 0.717) is 39.7 Å². The van der Waals surface area contributed by atoms with Crippen LogP contribution in [-0.4, -0.2) is 256 Å². The molecule has 42 nitrogen and oxygen atoms in total. The van der Waals surface area contributed by atoms with Gasteiger partial charge in [0.25, 0.3) is 0 Å². The first-order valence-corrected chi connectivity index (χ1v) is 46.2. The number of benzene rings is 3. The van der Waals surface area contributed by atoms with E-state index < -0.39 is 252 Å². The number of aromatic nitrogens is 5. The maximum Gasteiger partial charge on any atom is 0.303 e. The number of amides is 16. The zero-order chi connectivity index (χ0) is 98.6. The highest BCUT2D eigenvalue weighted by molar-refractivity contribution is 8.00. The molecule has 7 rings (SSSR count). The van der Waals surface area contributed by atoms with Gasteiger partial charge in [-0.1, -0.05) is 149 Å². The van der Waals surface area contributed by atoms with Crippen molar-refractivity contribution in [1.29, 1.82) is 0 Å². The Morgan fingerprint density at radius 2 is 0.843 bits per heavy atom. The number of carboxylic acid groups (broad SMARTS) is 1. The van der Waals surface area contributed by atoms with Crippen LogP contribution in [0.4, 0.5) is 0 Å². The zero-order valence-corrected chi connectivity index (χ0v) is 78.0. The maximum atomic E-state index is 15.4. The van der Waals surface area contributed by atoms with E-state index in [1.165, 1.54) is 49.3 Å². The predicted octanol–water partition coefficient (Wildman–Crippen LogP) is -1.21. The van der Waals surface area contributed by atoms with Crippen molar-refractivity contribution in [3.63, 3.8) is 0 Å². The zero-order valence-electron chi connectivity index (χ0n) is 77.2. The Balaban J connectivity index is 1.33. The number of imidazole rings is 2. The van der Waals surface area contributed by atoms with E-state index >= 15 is 28.8 Å². The van der Waals surface area contributed by atoms with Crippen LogP contribution in [0, 0.1) is 29.6 Å². The van der Waals surface area contributed by atoms with Gasteiger partial charge in [-0.2, -0.15) is 0 Å². The number of fused-ring (bicyclic) bond motifs is 1. The Morgan fingerprint density at radius 1 is 0.448 bits per heavy atom. The summed E-state index contributed by atoms with van der Waals surface area (Å²) in [5, 5.41) is 72.1. The number of carbonyl (C=O) groups excluding carboxylic acids is 16. The number of aromatic amines is 3. The van der Waals surface area contributed by atoms with Gasteiger partial charge in [0.1, 0.15) is 90.3 Å². The van der Waals surface area contributed by atoms with Crippen LogP contribution >= 0.6 is 11.8 Å². The molecule has 730 valence electrons. The Morgan fingerprint density at radius 3 is 1.34 bits per heavy atom. The molecule has 6 aromatic rings. The molecule has 18 atom stereocenters. The molecule has 134 heavy (non-hydrogen) atoms. The maximum absolute atomic E-state index is 15.4. The van der Waals surface area contributed by atoms with E-state index in [-0.39, 0.29) is 82.2 Å². The highest BCUT2D eigenvalue weighted by Gasteiger charge is 2.42. The molecule has 1 saturated heterocycles. The van der Waals surface area contributed by atoms with Crippen LogP contribution in [0.1, 0.15) is 156 Å². The summed E-state index contributed by atoms with van der Waals surface area (Å²) in [6, 6.07) is -1.16. The summed E-state index contributed by atoms with van der Waals surface area (Å²) < 4.78 is 0. The number of aliphatic hydroxyl groups excluding tert-OH is 1. The number of aromatic hydroxyl groups is 1. The number of rotatable bonds is 29. The summed E-state index contributed by atoms with van der Waals surface area (Å²) in [6.45, 7) is 16.9. The Kier molecular flexibility index (Phi) is 42.9. The lowest BCUT2D eigenvalue weighted by molar-refractivity contribution is -0.139. The molecule has 0 spiro atoms. The second-order valence-corrected chi connectivity index (χ2v) is 35.5. The molecule has 43 heteroatoms. The molecule has 0 saturated carbocycles. The SMILES string of the molecule is CC[C@H](C)[C@@H]1NC(=O)[C@H](Cc2ccccc2)NC(=O)[C@H](CCCCN)NC(=O)[C@H](CCC(=O)O)NC(=O)[C@H]([C@@H](C)O)NC(=O)[C@H](C(C)C)NC(=O)[C@H]([C@@H](C)CC)NC(=O)[C@H]([C@@H](C)CC)NC(=O)[C@@H](Cc2ccc(O)cc2)NC(=O)CSC[C@@H](C(=O)NCC(N)=O)NC(=O)[C@H](Cc2cnc[nH]2)NC(=O)[C@H](Cc2cnc[nH]2)NC(=O)[C@H](C(C)C)NC(=O)[C@H](Cc2c[nH]c3ccccc23)NC1=O. The van der Waals surface area contributed by atoms with Gasteiger partial charge in [-0.25, -0.2) is 9.97 Å². The van der Waals surface area contributed by atoms with Crippen LogP contribution in [0.3, 0.4) is 0 Å². The van der Waals surface area contributed by atoms with E-state index in [1.54, 1.807) is 130 Å². The fourth-order valence-corrected chi connectivity index (χ4v) is 15.6. The molecular formula is C91H130N22O20S. The first-order chi connectivity index (χ1) is 63.7. The number of nitrogens with zero attached hydrogens (tertiary/aromatic N) is 2. The van der Waals surface area contributed by atoms with Gasteiger partial charge in [0.2, 0.25) is 94.5 Å². The van der Waals surface area contributed by atoms with Gasteiger partial charge in [-0.3, -0.25) is 81.5 Å². The van der Waals surface area contributed by atoms with Gasteiger partial charge < -0.3 is 121 Å². The standard InChI is InChI=1S/C91H130N22O20S/c1-12-49(8)74-88(130)105-65(36-55-39-96-60-25-19-18-24-59(55)60)85(127)108-72(47(4)5)86(128)106-67(38-57-41-95-46-99-57)81(123)104-66(37-56-40-94-45-98-56)82(124)107-68(78(120)97-42-69(93)116)43-134-44-70(117)100-63(35-54-27-29-58(115)30-28-54)83(125)111-75(50(9)13-2)90(132)112-76(51(10)14-3)89(131)109-73(48(6)7)87(129)113-77(52(11)114)91(133)102-62(31-32-71(118)119)80(122)101-61(26-20-21-33-92)79(121)103-64(84(126)110-74)34-53-22-16-15-17-23-53/h15-19,22-25,27-30,39-41,45-52,61-68,72-77,96,114-115H,12-14,20-21,26,31-38,42-44,92H2,1-11H3,(H2,93,116)(H,94,98)(H,95,99)(H,97,120)(H,100,117)(H,101,122)(H,102,133)(H,103,121)(H,104,123)(H,105,130)(H,106,128)(H,107,124)(H,108,127)(H,109,131)(H,110,126)(H,111,125)(H,112,132)(H,113,129)(H,118,119)/t49-,50-,51-,52+,61-,62-,63+,64-,65-,66-,67-,68-,72-,73-,74-,75-,76-,77-/m0/s1. The molecule has 1 aliphatic heterocycles. The van der Waals surface area contributed by atoms with Crippen molar-refractivity contribution in [1.82, 2.24) is 105 Å². The van der Waals surface area contributed by atoms with E-state index in [2.05, 4.69) is 105 Å². The Hall–Kier alpha value is -13.3. The number of carbonyl (C=O) groups is 17. The molecule has 3 aromatic heterocycles. The predicted molar refractivity (Wildman–Crippen MR) is 495 cm³/mol. The minimum absolute atomic E-state index is 0.121. The number of phenolic OH excluding ortho intramolecular Hbond substituents is 1. The monoisotopic (exact) mass is 1880 g/mol. The summed E-state index contributed by atoms with van der Waals surface area (Å²) in [5.74, 6) is -21.8. The molecule has 0 radical (unpaired) electrons. The summed E-state index contributed by atoms with van der Waals surface area (Å²) in [6.07, 6.45) is 3.42. The van der Waals surface area contributed by atoms with Crippen LogP contribution in [0.2, 0.25) is 0 Å². The molecule has 0 unspecified atom stereocenters. The molecule has 1 fully saturated rings. The number of carboxylic acids is 1. The van der Waals surface area contributed by atoms with Crippen molar-refractivity contribution < 1.29 is 96.8 Å². The average Bonchev–Trinajstić information content (AvgIpc) is 1.74. The smallest absolute Gasteiger partial charge is 0.303 e. The number of nitrogens with one attached hydrogen (secondary N) is 18. The third-order valence-electron chi connectivity index (χ3n) is 23.3. The number of unbranched alkanes of at least 4 members (excludes halogenated alkanes) is 1. The number of para-hydroxylation sites is 1. The van der Waals surface area contributed by atoms with Crippen molar-refractivity contribution >= 4 is 123 Å². The minimum atomic E-state index is -1.94. The molecule has 0 aliphatic carbocycles. The first-order valence-electron chi connectivity index (χ1n) is 45.0. The lowest BCUT2D eigenvalue weighted by atomic mass is 9.93. The molecule has 16 amide bonds. The summed E-state index contributed by atoms with van der Waals surface area (Å²) in [7, 11) is 0. The van der Waals surface area contributed by atoms with Gasteiger partial charge in [-0.05, 0) is 104 Å². The second-order valence-electron chi connectivity index (χ2n) is 34.5. The third kappa shape index (κ3) is 33.4. The van der Waals surface area contributed by atoms with Crippen molar-refractivity contribution in [2.45, 2.75) is 250 Å². The Bertz CT molecular complexity index is 4960. The normalized spacial score (nSPS) is 24.1. The van der Waals surface area contributed by atoms with Crippen molar-refractivity contribution in [2.75, 3.05) is 24.6 Å². The number of thioether (sulfide) groups is 1. The highest BCUT2D eigenvalue weighted by atomic mass is 32.2. The number of primary amides is 1. The fraction of sp³-hybridized carbons (Fsp3) is 0.527. The number of hydrogen-bond acceptors (Lipinski definition) is 23. The quantitative estimate of drug-likeness (QED) is 0.0245. The van der Waals surface area contributed by atoms with Crippen molar-refractivity contribution in [3.05, 3.63) is 138 Å². The molecule has 4 heterocycles. The fourth-order valence-electron chi connectivity index (χ4n) is 14.7. The molecule has 3 aromatic carbocycles. The van der Waals surface area contributed by atoms with Gasteiger partial charge in [0, 0.05) is 85.2 Å². The summed E-state index contributed by atoms with van der Waals surface area (Å²) >= 11 is 0.770. The molecule has 0 bridgehead atoms. The van der Waals surface area contributed by atoms with Gasteiger partial charge in [-0.15, -0.1) is 11.8 Å². The van der Waals surface area contributed by atoms with Gasteiger partial charge >= 0.3 is 5.97 Å². The van der Waals surface area contributed by atoms with E-state index in [0.717, 1.165) is 18.7 Å². The number of aliphatic carboxylic acids is 1. The van der Waals surface area contributed by atoms with E-state index in [9.17, 15) is 68.1 Å². The van der Waals surface area contributed by atoms with E-state index in [1.807, 2.05) is 0 Å². The van der Waals surface area contributed by atoms with Crippen LogP contribution in [0.15, 0.2) is 110 Å². The van der Waals surface area contributed by atoms with Crippen molar-refractivity contribution in [3.8, 4) is 5.75 Å². The lowest BCUT2D eigenvalue weighted by Gasteiger charge is -2.32. The highest BCUT2D eigenvalue weighted by Crippen LogP contribution is 2.23. The summed E-state index contributed by atoms with van der Waals surface area (Å²) in [5.41, 5.74) is 14.1. The number of nitrogens with two attached hydrogens (primary N) is 2. The van der Waals surface area contributed by atoms with E-state index in [4.69, 9.17) is 11.5 Å². The number of hydrogen-bond donors (Lipinski definition) is 23. The third-order valence-corrected chi connectivity index (χ3v) is 24.3. The minimum Gasteiger partial charge on any atom is -0.508 e. The van der Waals surface area contributed by atoms with Gasteiger partial charge in [0.05, 0.1) is 31.1 Å². The van der Waals surface area contributed by atoms with Gasteiger partial charge in [0.15, 0.2) is 0 Å². The van der Waals surface area contributed by atoms with Crippen LogP contribution in [0.25, 0.3) is 10.9 Å². The topological polar surface area (TPSA) is 657 Å². The van der Waals surface area contributed by atoms with Crippen LogP contribution < -0.4 is 91.2 Å². The molecule has 1 aliphatic rings. The molecule has 25 N–H and O–H groups in total. The Labute approximate surface area is 780 Å². The summed E-state index contributed by atoms with van der Waals surface area (Å²) in [4.78, 5) is 265. The van der Waals surface area contributed by atoms with Crippen LogP contribution in [-0.2, 0) is 114 Å². The van der Waals surface area contributed by atoms with Crippen molar-refractivity contribution in [2.24, 2.45) is 41.1 Å². The lowest BCUT2D eigenvalue weighted by Crippen LogP contribution is -2.63. The molecular weight excluding hydrogens is 1750 g/mol. The number of H-pyrrole nitrogens is 3. The number of aliphatic hydroxyl groups is 1. The first kappa shape index (κ1) is 108. The van der Waals surface area contributed by atoms with Crippen LogP contribution in [0.5, 0.6) is 5.75 Å². The largest absolute Gasteiger partial charge is 0.508 e. The average molecular weight is 1880 g/mol. The number of phenols is 1.